The van der Waals surface area contributed by atoms with Gasteiger partial charge in [-0.1, -0.05) is 11.6 Å². The monoisotopic (exact) mass is 333 g/mol. The molecule has 0 aliphatic carbocycles. The number of fused-ring (bicyclic) bond motifs is 1. The Labute approximate surface area is 138 Å². The number of ether oxygens (including phenoxy) is 1. The lowest BCUT2D eigenvalue weighted by molar-refractivity contribution is -0.136. The molecule has 2 amide bonds. The molecule has 23 heavy (non-hydrogen) atoms. The highest BCUT2D eigenvalue weighted by atomic mass is 35.5. The summed E-state index contributed by atoms with van der Waals surface area (Å²) in [5, 5.41) is 2.10. The van der Waals surface area contributed by atoms with Crippen LogP contribution in [-0.2, 0) is 16.1 Å². The van der Waals surface area contributed by atoms with E-state index in [4.69, 9.17) is 22.1 Å². The first-order valence-electron chi connectivity index (χ1n) is 7.20. The molecule has 2 heterocycles. The Hall–Kier alpha value is -2.34. The Balaban J connectivity index is 1.95. The van der Waals surface area contributed by atoms with Gasteiger partial charge in [0, 0.05) is 30.2 Å². The number of halogens is 1. The lowest BCUT2D eigenvalue weighted by atomic mass is 10.1. The minimum absolute atomic E-state index is 0.239. The van der Waals surface area contributed by atoms with E-state index in [1.165, 1.54) is 0 Å². The van der Waals surface area contributed by atoms with Gasteiger partial charge in [0.15, 0.2) is 0 Å². The second-order valence-electron chi connectivity index (χ2n) is 5.49. The van der Waals surface area contributed by atoms with Crippen molar-refractivity contribution in [1.29, 1.82) is 0 Å². The molecule has 1 aliphatic rings. The molecule has 2 aromatic rings. The zero-order valence-electron chi connectivity index (χ0n) is 12.6. The molecule has 7 heteroatoms. The van der Waals surface area contributed by atoms with E-state index < -0.39 is 11.8 Å². The van der Waals surface area contributed by atoms with Gasteiger partial charge in [0.1, 0.15) is 16.8 Å². The Kier molecular flexibility index (Phi) is 4.09. The van der Waals surface area contributed by atoms with Crippen LogP contribution in [0.25, 0.3) is 10.8 Å². The third-order valence-corrected chi connectivity index (χ3v) is 4.42. The van der Waals surface area contributed by atoms with Crippen LogP contribution in [0, 0.1) is 5.92 Å². The SMILES string of the molecule is COc1cc2ccnc(Cl)c2cc1CN1CC[C@@H](C(N)=O)C1=O. The lowest BCUT2D eigenvalue weighted by Gasteiger charge is -2.19. The van der Waals surface area contributed by atoms with E-state index in [1.807, 2.05) is 18.2 Å². The Morgan fingerprint density at radius 1 is 1.52 bits per heavy atom. The Bertz CT molecular complexity index is 793. The largest absolute Gasteiger partial charge is 0.496 e. The molecule has 1 saturated heterocycles. The number of nitrogens with zero attached hydrogens (tertiary/aromatic N) is 2. The quantitative estimate of drug-likeness (QED) is 0.682. The first-order chi connectivity index (χ1) is 11.0. The van der Waals surface area contributed by atoms with Gasteiger partial charge in [0.05, 0.1) is 7.11 Å². The van der Waals surface area contributed by atoms with Gasteiger partial charge in [0.25, 0.3) is 0 Å². The summed E-state index contributed by atoms with van der Waals surface area (Å²) in [5.74, 6) is -0.881. The van der Waals surface area contributed by atoms with Crippen LogP contribution in [0.15, 0.2) is 24.4 Å². The van der Waals surface area contributed by atoms with Crippen LogP contribution in [0.1, 0.15) is 12.0 Å². The molecule has 1 aliphatic heterocycles. The topological polar surface area (TPSA) is 85.5 Å². The summed E-state index contributed by atoms with van der Waals surface area (Å²) in [6.45, 7) is 0.835. The predicted octanol–water partition coefficient (Wildman–Crippen LogP) is 1.73. The minimum Gasteiger partial charge on any atom is -0.496 e. The number of nitrogens with two attached hydrogens (primary N) is 1. The highest BCUT2D eigenvalue weighted by Crippen LogP contribution is 2.31. The lowest BCUT2D eigenvalue weighted by Crippen LogP contribution is -2.33. The second kappa shape index (κ2) is 6.04. The molecule has 0 unspecified atom stereocenters. The molecule has 1 fully saturated rings. The molecule has 2 N–H and O–H groups in total. The van der Waals surface area contributed by atoms with Crippen LogP contribution in [0.2, 0.25) is 5.15 Å². The maximum atomic E-state index is 12.2. The average molecular weight is 334 g/mol. The fraction of sp³-hybridized carbons (Fsp3) is 0.312. The van der Waals surface area contributed by atoms with E-state index in [-0.39, 0.29) is 5.91 Å². The smallest absolute Gasteiger partial charge is 0.235 e. The van der Waals surface area contributed by atoms with E-state index in [1.54, 1.807) is 18.2 Å². The standard InChI is InChI=1S/C16H16ClN3O3/c1-23-13-7-9-2-4-19-14(17)12(9)6-10(13)8-20-5-3-11(15(18)21)16(20)22/h2,4,6-7,11H,3,5,8H2,1H3,(H2,18,21)/t11-/m0/s1. The predicted molar refractivity (Wildman–Crippen MR) is 86.0 cm³/mol. The number of hydrogen-bond acceptors (Lipinski definition) is 4. The fourth-order valence-electron chi connectivity index (χ4n) is 2.89. The minimum atomic E-state index is -0.730. The highest BCUT2D eigenvalue weighted by molar-refractivity contribution is 6.34. The number of amides is 2. The zero-order chi connectivity index (χ0) is 16.6. The summed E-state index contributed by atoms with van der Waals surface area (Å²) in [6, 6.07) is 5.58. The normalized spacial score (nSPS) is 17.7. The summed E-state index contributed by atoms with van der Waals surface area (Å²) in [6.07, 6.45) is 2.08. The van der Waals surface area contributed by atoms with Crippen LogP contribution in [0.3, 0.4) is 0 Å². The summed E-state index contributed by atoms with van der Waals surface area (Å²) >= 11 is 6.14. The van der Waals surface area contributed by atoms with Gasteiger partial charge in [-0.15, -0.1) is 0 Å². The van der Waals surface area contributed by atoms with Crippen molar-refractivity contribution in [3.63, 3.8) is 0 Å². The first kappa shape index (κ1) is 15.6. The molecule has 1 atom stereocenters. The average Bonchev–Trinajstić information content (AvgIpc) is 2.89. The van der Waals surface area contributed by atoms with Crippen LogP contribution < -0.4 is 10.5 Å². The number of aromatic nitrogens is 1. The van der Waals surface area contributed by atoms with Crippen LogP contribution in [0.4, 0.5) is 0 Å². The second-order valence-corrected chi connectivity index (χ2v) is 5.85. The Morgan fingerprint density at radius 3 is 2.96 bits per heavy atom. The van der Waals surface area contributed by atoms with Crippen LogP contribution >= 0.6 is 11.6 Å². The Morgan fingerprint density at radius 2 is 2.30 bits per heavy atom. The highest BCUT2D eigenvalue weighted by Gasteiger charge is 2.35. The van der Waals surface area contributed by atoms with Gasteiger partial charge in [0.2, 0.25) is 11.8 Å². The van der Waals surface area contributed by atoms with E-state index in [0.29, 0.717) is 30.4 Å². The molecule has 120 valence electrons. The molecule has 6 nitrogen and oxygen atoms in total. The van der Waals surface area contributed by atoms with Crippen molar-refractivity contribution in [2.45, 2.75) is 13.0 Å². The number of carbonyl (C=O) groups excluding carboxylic acids is 2. The van der Waals surface area contributed by atoms with Crippen LogP contribution in [-0.4, -0.2) is 35.4 Å². The number of hydrogen-bond donors (Lipinski definition) is 1. The number of pyridine rings is 1. The van der Waals surface area contributed by atoms with E-state index in [9.17, 15) is 9.59 Å². The fourth-order valence-corrected chi connectivity index (χ4v) is 3.11. The molecule has 1 aromatic carbocycles. The molecular formula is C16H16ClN3O3. The van der Waals surface area contributed by atoms with Crippen molar-refractivity contribution in [2.24, 2.45) is 11.7 Å². The van der Waals surface area contributed by atoms with Gasteiger partial charge in [-0.25, -0.2) is 4.98 Å². The maximum absolute atomic E-state index is 12.2. The van der Waals surface area contributed by atoms with Crippen LogP contribution in [0.5, 0.6) is 5.75 Å². The zero-order valence-corrected chi connectivity index (χ0v) is 13.3. The van der Waals surface area contributed by atoms with Crippen molar-refractivity contribution >= 4 is 34.2 Å². The third kappa shape index (κ3) is 2.82. The van der Waals surface area contributed by atoms with E-state index in [2.05, 4.69) is 4.98 Å². The van der Waals surface area contributed by atoms with E-state index in [0.717, 1.165) is 16.3 Å². The molecule has 3 rings (SSSR count). The van der Waals surface area contributed by atoms with E-state index >= 15 is 0 Å². The number of likely N-dealkylation sites (tertiary alicyclic amines) is 1. The summed E-state index contributed by atoms with van der Waals surface area (Å²) in [7, 11) is 1.57. The van der Waals surface area contributed by atoms with Gasteiger partial charge < -0.3 is 15.4 Å². The number of primary amides is 1. The third-order valence-electron chi connectivity index (χ3n) is 4.12. The van der Waals surface area contributed by atoms with Gasteiger partial charge in [-0.2, -0.15) is 0 Å². The van der Waals surface area contributed by atoms with Crippen molar-refractivity contribution in [1.82, 2.24) is 9.88 Å². The summed E-state index contributed by atoms with van der Waals surface area (Å²) in [4.78, 5) is 29.2. The first-order valence-corrected chi connectivity index (χ1v) is 7.58. The molecular weight excluding hydrogens is 318 g/mol. The number of carbonyl (C=O) groups is 2. The van der Waals surface area contributed by atoms with Gasteiger partial charge >= 0.3 is 0 Å². The maximum Gasteiger partial charge on any atom is 0.235 e. The van der Waals surface area contributed by atoms with Crippen molar-refractivity contribution in [3.8, 4) is 5.75 Å². The molecule has 0 saturated carbocycles. The molecule has 0 radical (unpaired) electrons. The number of benzene rings is 1. The molecule has 0 bridgehead atoms. The van der Waals surface area contributed by atoms with Crippen molar-refractivity contribution in [2.75, 3.05) is 13.7 Å². The number of methoxy groups -OCH3 is 1. The molecule has 0 spiro atoms. The summed E-state index contributed by atoms with van der Waals surface area (Å²) < 4.78 is 5.42. The number of rotatable bonds is 4. The van der Waals surface area contributed by atoms with Gasteiger partial charge in [-0.3, -0.25) is 9.59 Å². The summed E-state index contributed by atoms with van der Waals surface area (Å²) in [5.41, 5.74) is 6.07. The van der Waals surface area contributed by atoms with Crippen molar-refractivity contribution in [3.05, 3.63) is 35.1 Å². The van der Waals surface area contributed by atoms with Gasteiger partial charge in [-0.05, 0) is 30.0 Å². The van der Waals surface area contributed by atoms with Crippen molar-refractivity contribution < 1.29 is 14.3 Å². The molecule has 1 aromatic heterocycles.